The monoisotopic (exact) mass is 434 g/mol. The van der Waals surface area contributed by atoms with Crippen LogP contribution in [0.3, 0.4) is 0 Å². The summed E-state index contributed by atoms with van der Waals surface area (Å²) in [5, 5.41) is 14.5. The average molecular weight is 434 g/mol. The Morgan fingerprint density at radius 3 is 2.72 bits per heavy atom. The number of Topliss-reactive ketones (excluding diaryl/α,β-unsaturated/α-hetero) is 1. The van der Waals surface area contributed by atoms with Crippen molar-refractivity contribution in [3.05, 3.63) is 76.7 Å². The van der Waals surface area contributed by atoms with Crippen LogP contribution in [0.4, 0.5) is 16.0 Å². The van der Waals surface area contributed by atoms with Crippen molar-refractivity contribution in [1.29, 1.82) is 0 Å². The zero-order chi connectivity index (χ0) is 22.3. The number of hydrogen-bond acceptors (Lipinski definition) is 7. The Bertz CT molecular complexity index is 1200. The van der Waals surface area contributed by atoms with E-state index in [1.54, 1.807) is 12.1 Å². The summed E-state index contributed by atoms with van der Waals surface area (Å²) >= 11 is 0. The first-order chi connectivity index (χ1) is 15.4. The summed E-state index contributed by atoms with van der Waals surface area (Å²) in [6.07, 6.45) is 1.17. The zero-order valence-electron chi connectivity index (χ0n) is 17.8. The van der Waals surface area contributed by atoms with Crippen molar-refractivity contribution in [1.82, 2.24) is 10.3 Å². The van der Waals surface area contributed by atoms with Crippen LogP contribution < -0.4 is 15.4 Å². The maximum absolute atomic E-state index is 13.2. The van der Waals surface area contributed by atoms with E-state index >= 15 is 0 Å². The molecule has 5 rings (SSSR count). The number of halogens is 1. The van der Waals surface area contributed by atoms with E-state index in [1.165, 1.54) is 12.1 Å². The summed E-state index contributed by atoms with van der Waals surface area (Å²) in [6, 6.07) is 13.4. The van der Waals surface area contributed by atoms with Crippen molar-refractivity contribution < 1.29 is 18.6 Å². The van der Waals surface area contributed by atoms with Gasteiger partial charge in [0.1, 0.15) is 18.2 Å². The molecular weight excluding hydrogens is 411 g/mol. The molecule has 1 aliphatic heterocycles. The lowest BCUT2D eigenvalue weighted by Crippen LogP contribution is -2.31. The molecule has 0 radical (unpaired) electrons. The van der Waals surface area contributed by atoms with E-state index in [-0.39, 0.29) is 17.0 Å². The van der Waals surface area contributed by atoms with Gasteiger partial charge in [0, 0.05) is 17.7 Å². The lowest BCUT2D eigenvalue weighted by atomic mass is 9.73. The maximum Gasteiger partial charge on any atom is 0.219 e. The molecule has 1 aliphatic carbocycles. The van der Waals surface area contributed by atoms with Gasteiger partial charge in [0.15, 0.2) is 5.78 Å². The first-order valence-corrected chi connectivity index (χ1v) is 10.5. The van der Waals surface area contributed by atoms with Crippen molar-refractivity contribution in [2.45, 2.75) is 39.3 Å². The fraction of sp³-hybridized carbons (Fsp3) is 0.292. The van der Waals surface area contributed by atoms with Gasteiger partial charge in [-0.2, -0.15) is 0 Å². The predicted molar refractivity (Wildman–Crippen MR) is 117 cm³/mol. The number of carbonyl (C=O) groups excluding carboxylic acids is 1. The number of allylic oxidation sites excluding steroid dienone is 1. The van der Waals surface area contributed by atoms with Crippen molar-refractivity contribution in [2.75, 3.05) is 10.6 Å². The van der Waals surface area contributed by atoms with Gasteiger partial charge in [0.25, 0.3) is 0 Å². The number of aromatic nitrogens is 2. The van der Waals surface area contributed by atoms with E-state index in [1.807, 2.05) is 24.3 Å². The predicted octanol–water partition coefficient (Wildman–Crippen LogP) is 5.01. The smallest absolute Gasteiger partial charge is 0.219 e. The van der Waals surface area contributed by atoms with Gasteiger partial charge in [-0.15, -0.1) is 0 Å². The van der Waals surface area contributed by atoms with Gasteiger partial charge in [-0.3, -0.25) is 4.79 Å². The number of rotatable bonds is 4. The molecule has 2 aromatic carbocycles. The zero-order valence-corrected chi connectivity index (χ0v) is 17.8. The Morgan fingerprint density at radius 2 is 1.91 bits per heavy atom. The van der Waals surface area contributed by atoms with Crippen molar-refractivity contribution in [2.24, 2.45) is 5.41 Å². The molecule has 164 valence electrons. The Labute approximate surface area is 184 Å². The number of ether oxygens (including phenoxy) is 1. The second-order valence-electron chi connectivity index (χ2n) is 8.98. The third-order valence-corrected chi connectivity index (χ3v) is 5.76. The number of anilines is 2. The molecule has 7 nitrogen and oxygen atoms in total. The lowest BCUT2D eigenvalue weighted by Gasteiger charge is -2.34. The minimum Gasteiger partial charge on any atom is -0.489 e. The summed E-state index contributed by atoms with van der Waals surface area (Å²) in [7, 11) is 0. The van der Waals surface area contributed by atoms with Crippen LogP contribution in [0.15, 0.2) is 64.4 Å². The highest BCUT2D eigenvalue weighted by atomic mass is 19.1. The molecule has 0 saturated heterocycles. The molecule has 0 spiro atoms. The summed E-state index contributed by atoms with van der Waals surface area (Å²) in [6.45, 7) is 4.47. The van der Waals surface area contributed by atoms with Gasteiger partial charge in [0.2, 0.25) is 11.6 Å². The number of nitrogens with zero attached hydrogens (tertiary/aromatic N) is 2. The quantitative estimate of drug-likeness (QED) is 0.597. The molecule has 2 N–H and O–H groups in total. The van der Waals surface area contributed by atoms with E-state index in [4.69, 9.17) is 9.37 Å². The van der Waals surface area contributed by atoms with Gasteiger partial charge >= 0.3 is 0 Å². The molecular formula is C24H23FN4O3. The Kier molecular flexibility index (Phi) is 4.92. The van der Waals surface area contributed by atoms with E-state index in [9.17, 15) is 9.18 Å². The largest absolute Gasteiger partial charge is 0.489 e. The van der Waals surface area contributed by atoms with Crippen LogP contribution in [-0.2, 0) is 11.4 Å². The molecule has 0 fully saturated rings. The molecule has 2 aliphatic rings. The van der Waals surface area contributed by atoms with Gasteiger partial charge < -0.3 is 15.4 Å². The number of carbonyl (C=O) groups is 1. The van der Waals surface area contributed by atoms with Gasteiger partial charge in [-0.05, 0) is 57.5 Å². The highest BCUT2D eigenvalue weighted by Gasteiger charge is 2.39. The molecule has 8 heteroatoms. The summed E-state index contributed by atoms with van der Waals surface area (Å²) in [5.74, 6) is 1.37. The first-order valence-electron chi connectivity index (χ1n) is 10.5. The molecule has 0 saturated carbocycles. The van der Waals surface area contributed by atoms with Gasteiger partial charge in [0.05, 0.1) is 6.04 Å². The molecule has 1 atom stereocenters. The minimum absolute atomic E-state index is 0.0842. The van der Waals surface area contributed by atoms with E-state index in [0.29, 0.717) is 42.4 Å². The first kappa shape index (κ1) is 20.2. The Morgan fingerprint density at radius 1 is 1.12 bits per heavy atom. The number of ketones is 1. The van der Waals surface area contributed by atoms with Crippen LogP contribution in [0.5, 0.6) is 5.75 Å². The number of hydrogen-bond donors (Lipinski definition) is 2. The van der Waals surface area contributed by atoms with E-state index in [0.717, 1.165) is 16.8 Å². The molecule has 0 amide bonds. The second kappa shape index (κ2) is 7.78. The van der Waals surface area contributed by atoms with Crippen molar-refractivity contribution in [3.63, 3.8) is 0 Å². The van der Waals surface area contributed by atoms with E-state index < -0.39 is 6.04 Å². The van der Waals surface area contributed by atoms with Crippen molar-refractivity contribution >= 4 is 17.4 Å². The van der Waals surface area contributed by atoms with Crippen LogP contribution in [0.25, 0.3) is 0 Å². The number of nitrogens with one attached hydrogen (secondary N) is 2. The molecule has 1 aromatic heterocycles. The van der Waals surface area contributed by atoms with E-state index in [2.05, 4.69) is 34.8 Å². The lowest BCUT2D eigenvalue weighted by molar-refractivity contribution is -0.118. The summed E-state index contributed by atoms with van der Waals surface area (Å²) in [5.41, 5.74) is 3.08. The third kappa shape index (κ3) is 3.95. The van der Waals surface area contributed by atoms with Crippen LogP contribution in [-0.4, -0.2) is 16.1 Å². The van der Waals surface area contributed by atoms with Crippen LogP contribution in [0, 0.1) is 11.2 Å². The number of fused-ring (bicyclic) bond motifs is 1. The molecule has 1 unspecified atom stereocenters. The highest BCUT2D eigenvalue weighted by molar-refractivity contribution is 6.00. The summed E-state index contributed by atoms with van der Waals surface area (Å²) in [4.78, 5) is 13.2. The van der Waals surface area contributed by atoms with Gasteiger partial charge in [-0.25, -0.2) is 9.02 Å². The fourth-order valence-corrected chi connectivity index (χ4v) is 4.28. The standard InChI is InChI=1S/C24H23FN4O3/c1-24(2)11-18-20(19(30)12-24)21(27-23-22(26-18)28-32-29-23)15-4-3-5-17(10-15)31-13-14-6-8-16(25)9-7-14/h3-10,21H,11-13H2,1-2H3,(H,26,28)(H,27,29). The van der Waals surface area contributed by atoms with Gasteiger partial charge in [-0.1, -0.05) is 38.1 Å². The van der Waals surface area contributed by atoms with Crippen LogP contribution in [0.2, 0.25) is 0 Å². The van der Waals surface area contributed by atoms with Crippen molar-refractivity contribution in [3.8, 4) is 5.75 Å². The fourth-order valence-electron chi connectivity index (χ4n) is 4.28. The Balaban J connectivity index is 1.47. The Hall–Kier alpha value is -3.68. The maximum atomic E-state index is 13.2. The molecule has 3 aromatic rings. The van der Waals surface area contributed by atoms with Crippen LogP contribution in [0.1, 0.15) is 43.9 Å². The minimum atomic E-state index is -0.427. The summed E-state index contributed by atoms with van der Waals surface area (Å²) < 4.78 is 24.0. The molecule has 32 heavy (non-hydrogen) atoms. The molecule has 0 bridgehead atoms. The average Bonchev–Trinajstić information content (AvgIpc) is 3.12. The normalized spacial score (nSPS) is 19.3. The third-order valence-electron chi connectivity index (χ3n) is 5.76. The highest BCUT2D eigenvalue weighted by Crippen LogP contribution is 2.44. The SMILES string of the molecule is CC1(C)CC(=O)C2=C(C1)Nc1nonc1NC2c1cccc(OCc2ccc(F)cc2)c1. The molecule has 2 heterocycles. The number of benzene rings is 2. The topological polar surface area (TPSA) is 89.3 Å². The second-order valence-corrected chi connectivity index (χ2v) is 8.98. The van der Waals surface area contributed by atoms with Crippen LogP contribution >= 0.6 is 0 Å².